The van der Waals surface area contributed by atoms with Crippen molar-refractivity contribution in [3.63, 3.8) is 0 Å². The Labute approximate surface area is 102 Å². The maximum absolute atomic E-state index is 5.55. The van der Waals surface area contributed by atoms with Crippen molar-refractivity contribution < 1.29 is 0 Å². The summed E-state index contributed by atoms with van der Waals surface area (Å²) in [4.78, 5) is 8.83. The van der Waals surface area contributed by atoms with Crippen LogP contribution in [0, 0.1) is 6.92 Å². The van der Waals surface area contributed by atoms with Crippen LogP contribution in [0.3, 0.4) is 0 Å². The first-order valence-electron chi connectivity index (χ1n) is 5.94. The first-order valence-corrected chi connectivity index (χ1v) is 5.94. The molecule has 0 unspecified atom stereocenters. The highest BCUT2D eigenvalue weighted by molar-refractivity contribution is 5.36. The molecule has 0 spiro atoms. The first-order chi connectivity index (χ1) is 8.26. The molecule has 2 heterocycles. The van der Waals surface area contributed by atoms with Crippen LogP contribution in [0.1, 0.15) is 23.9 Å². The Balaban J connectivity index is 2.39. The fraction of sp³-hybridized carbons (Fsp3) is 0.385. The molecule has 0 amide bonds. The summed E-state index contributed by atoms with van der Waals surface area (Å²) in [5.74, 6) is 1.99. The van der Waals surface area contributed by atoms with E-state index in [1.54, 1.807) is 0 Å². The summed E-state index contributed by atoms with van der Waals surface area (Å²) in [5, 5.41) is 0. The normalized spacial score (nSPS) is 10.8. The number of rotatable bonds is 4. The highest BCUT2D eigenvalue weighted by Crippen LogP contribution is 2.15. The fourth-order valence-corrected chi connectivity index (χ4v) is 1.97. The van der Waals surface area contributed by atoms with Gasteiger partial charge in [-0.1, -0.05) is 13.0 Å². The van der Waals surface area contributed by atoms with Crippen LogP contribution in [0.15, 0.2) is 24.7 Å². The van der Waals surface area contributed by atoms with Crippen LogP contribution in [0.4, 0.5) is 0 Å². The average Bonchev–Trinajstić information content (AvgIpc) is 2.77. The van der Waals surface area contributed by atoms with Crippen molar-refractivity contribution >= 4 is 0 Å². The van der Waals surface area contributed by atoms with Crippen LogP contribution < -0.4 is 5.73 Å². The lowest BCUT2D eigenvalue weighted by atomic mass is 10.1. The predicted octanol–water partition coefficient (Wildman–Crippen LogP) is 1.64. The smallest absolute Gasteiger partial charge is 0.140 e. The van der Waals surface area contributed by atoms with Crippen molar-refractivity contribution in [2.24, 2.45) is 5.73 Å². The largest absolute Gasteiger partial charge is 0.330 e. The van der Waals surface area contributed by atoms with Crippen LogP contribution in [0.5, 0.6) is 0 Å². The minimum absolute atomic E-state index is 0.658. The summed E-state index contributed by atoms with van der Waals surface area (Å²) in [5.41, 5.74) is 7.89. The van der Waals surface area contributed by atoms with Gasteiger partial charge in [-0.05, 0) is 31.0 Å². The van der Waals surface area contributed by atoms with Gasteiger partial charge in [-0.3, -0.25) is 4.57 Å². The molecular weight excluding hydrogens is 212 g/mol. The molecule has 2 N–H and O–H groups in total. The Morgan fingerprint density at radius 1 is 1.35 bits per heavy atom. The van der Waals surface area contributed by atoms with E-state index >= 15 is 0 Å². The zero-order valence-corrected chi connectivity index (χ0v) is 10.3. The molecule has 0 aliphatic heterocycles. The number of aromatic nitrogens is 3. The molecule has 2 aromatic rings. The quantitative estimate of drug-likeness (QED) is 0.868. The standard InChI is InChI=1S/C13H18N4/c1-3-12-15-6-7-17(12)13-10(2)8-11(4-5-14)9-16-13/h6-9H,3-5,14H2,1-2H3. The van der Waals surface area contributed by atoms with Gasteiger partial charge in [0.15, 0.2) is 0 Å². The van der Waals surface area contributed by atoms with Gasteiger partial charge in [0, 0.05) is 25.0 Å². The Morgan fingerprint density at radius 3 is 2.82 bits per heavy atom. The number of pyridine rings is 1. The maximum Gasteiger partial charge on any atom is 0.140 e. The summed E-state index contributed by atoms with van der Waals surface area (Å²) in [6.07, 6.45) is 7.44. The second kappa shape index (κ2) is 5.10. The lowest BCUT2D eigenvalue weighted by molar-refractivity contribution is 0.853. The monoisotopic (exact) mass is 230 g/mol. The SMILES string of the molecule is CCc1nccn1-c1ncc(CCN)cc1C. The zero-order valence-electron chi connectivity index (χ0n) is 10.3. The van der Waals surface area contributed by atoms with Crippen molar-refractivity contribution in [2.75, 3.05) is 6.54 Å². The van der Waals surface area contributed by atoms with E-state index in [0.29, 0.717) is 6.54 Å². The van der Waals surface area contributed by atoms with Crippen molar-refractivity contribution in [3.05, 3.63) is 41.6 Å². The Hall–Kier alpha value is -1.68. The zero-order chi connectivity index (χ0) is 12.3. The summed E-state index contributed by atoms with van der Waals surface area (Å²) < 4.78 is 2.04. The minimum atomic E-state index is 0.658. The van der Waals surface area contributed by atoms with Crippen LogP contribution in [-0.4, -0.2) is 21.1 Å². The molecule has 2 aromatic heterocycles. The van der Waals surface area contributed by atoms with Crippen LogP contribution in [-0.2, 0) is 12.8 Å². The van der Waals surface area contributed by atoms with Gasteiger partial charge < -0.3 is 5.73 Å². The van der Waals surface area contributed by atoms with Crippen LogP contribution in [0.25, 0.3) is 5.82 Å². The molecule has 90 valence electrons. The number of nitrogens with two attached hydrogens (primary N) is 1. The lowest BCUT2D eigenvalue weighted by Crippen LogP contribution is -2.07. The molecular formula is C13H18N4. The fourth-order valence-electron chi connectivity index (χ4n) is 1.97. The second-order valence-corrected chi connectivity index (χ2v) is 4.09. The molecule has 17 heavy (non-hydrogen) atoms. The van der Waals surface area contributed by atoms with E-state index in [4.69, 9.17) is 5.73 Å². The second-order valence-electron chi connectivity index (χ2n) is 4.09. The summed E-state index contributed by atoms with van der Waals surface area (Å²) >= 11 is 0. The molecule has 0 saturated carbocycles. The van der Waals surface area contributed by atoms with E-state index in [0.717, 1.165) is 30.0 Å². The Morgan fingerprint density at radius 2 is 2.18 bits per heavy atom. The number of hydrogen-bond donors (Lipinski definition) is 1. The summed E-state index contributed by atoms with van der Waals surface area (Å²) in [7, 11) is 0. The van der Waals surface area contributed by atoms with E-state index in [1.807, 2.05) is 23.2 Å². The number of hydrogen-bond acceptors (Lipinski definition) is 3. The van der Waals surface area contributed by atoms with Gasteiger partial charge in [0.05, 0.1) is 0 Å². The van der Waals surface area contributed by atoms with Gasteiger partial charge in [0.2, 0.25) is 0 Å². The molecule has 0 aromatic carbocycles. The third-order valence-corrected chi connectivity index (χ3v) is 2.80. The average molecular weight is 230 g/mol. The molecule has 4 heteroatoms. The molecule has 0 radical (unpaired) electrons. The minimum Gasteiger partial charge on any atom is -0.330 e. The number of imidazole rings is 1. The molecule has 0 bridgehead atoms. The third-order valence-electron chi connectivity index (χ3n) is 2.80. The molecule has 0 aliphatic rings. The Bertz CT molecular complexity index is 502. The van der Waals surface area contributed by atoms with Gasteiger partial charge >= 0.3 is 0 Å². The molecule has 0 fully saturated rings. The predicted molar refractivity (Wildman–Crippen MR) is 68.2 cm³/mol. The van der Waals surface area contributed by atoms with Crippen LogP contribution in [0.2, 0.25) is 0 Å². The van der Waals surface area contributed by atoms with Crippen molar-refractivity contribution in [1.82, 2.24) is 14.5 Å². The highest BCUT2D eigenvalue weighted by Gasteiger charge is 2.07. The maximum atomic E-state index is 5.55. The van der Waals surface area contributed by atoms with Crippen molar-refractivity contribution in [3.8, 4) is 5.82 Å². The van der Waals surface area contributed by atoms with Crippen molar-refractivity contribution in [2.45, 2.75) is 26.7 Å². The van der Waals surface area contributed by atoms with Gasteiger partial charge in [0.1, 0.15) is 11.6 Å². The first kappa shape index (κ1) is 11.8. The Kier molecular flexibility index (Phi) is 3.54. The van der Waals surface area contributed by atoms with E-state index in [9.17, 15) is 0 Å². The van der Waals surface area contributed by atoms with Gasteiger partial charge in [-0.15, -0.1) is 0 Å². The third kappa shape index (κ3) is 2.36. The number of aryl methyl sites for hydroxylation is 2. The molecule has 4 nitrogen and oxygen atoms in total. The molecule has 2 rings (SSSR count). The van der Waals surface area contributed by atoms with E-state index in [1.165, 1.54) is 5.56 Å². The highest BCUT2D eigenvalue weighted by atomic mass is 15.1. The van der Waals surface area contributed by atoms with Crippen molar-refractivity contribution in [1.29, 1.82) is 0 Å². The van der Waals surface area contributed by atoms with Gasteiger partial charge in [0.25, 0.3) is 0 Å². The van der Waals surface area contributed by atoms with Crippen LogP contribution >= 0.6 is 0 Å². The van der Waals surface area contributed by atoms with E-state index < -0.39 is 0 Å². The molecule has 0 aliphatic carbocycles. The topological polar surface area (TPSA) is 56.7 Å². The lowest BCUT2D eigenvalue weighted by Gasteiger charge is -2.10. The summed E-state index contributed by atoms with van der Waals surface area (Å²) in [6, 6.07) is 2.15. The van der Waals surface area contributed by atoms with Gasteiger partial charge in [-0.25, -0.2) is 9.97 Å². The van der Waals surface area contributed by atoms with E-state index in [2.05, 4.69) is 29.9 Å². The molecule has 0 atom stereocenters. The van der Waals surface area contributed by atoms with E-state index in [-0.39, 0.29) is 0 Å². The summed E-state index contributed by atoms with van der Waals surface area (Å²) in [6.45, 7) is 4.82. The molecule has 0 saturated heterocycles. The number of nitrogens with zero attached hydrogens (tertiary/aromatic N) is 3. The van der Waals surface area contributed by atoms with Gasteiger partial charge in [-0.2, -0.15) is 0 Å².